The summed E-state index contributed by atoms with van der Waals surface area (Å²) in [5, 5.41) is 3.26. The molecule has 94 valence electrons. The molecule has 4 N–H and O–H groups in total. The highest BCUT2D eigenvalue weighted by atomic mass is 15.3. The van der Waals surface area contributed by atoms with Gasteiger partial charge in [0.05, 0.1) is 0 Å². The average molecular weight is 243 g/mol. The molecule has 0 aliphatic carbocycles. The number of hydrazine groups is 1. The first kappa shape index (κ1) is 12.3. The second-order valence-corrected chi connectivity index (χ2v) is 4.02. The summed E-state index contributed by atoms with van der Waals surface area (Å²) in [4.78, 5) is 8.36. The van der Waals surface area contributed by atoms with Crippen molar-refractivity contribution in [3.63, 3.8) is 0 Å². The van der Waals surface area contributed by atoms with Crippen LogP contribution in [0, 0.1) is 6.92 Å². The van der Waals surface area contributed by atoms with E-state index in [-0.39, 0.29) is 0 Å². The number of anilines is 2. The average Bonchev–Trinajstić information content (AvgIpc) is 2.39. The first-order chi connectivity index (χ1) is 8.78. The Morgan fingerprint density at radius 2 is 1.94 bits per heavy atom. The summed E-state index contributed by atoms with van der Waals surface area (Å²) >= 11 is 0. The zero-order chi connectivity index (χ0) is 12.8. The molecule has 0 radical (unpaired) electrons. The lowest BCUT2D eigenvalue weighted by Gasteiger charge is -2.08. The number of hydrogen-bond acceptors (Lipinski definition) is 5. The third-order valence-corrected chi connectivity index (χ3v) is 2.55. The van der Waals surface area contributed by atoms with Crippen molar-refractivity contribution in [2.45, 2.75) is 13.3 Å². The minimum Gasteiger partial charge on any atom is -0.370 e. The van der Waals surface area contributed by atoms with E-state index in [1.807, 2.05) is 31.2 Å². The number of rotatable bonds is 5. The summed E-state index contributed by atoms with van der Waals surface area (Å²) in [6, 6.07) is 12.2. The van der Waals surface area contributed by atoms with E-state index in [0.29, 0.717) is 5.95 Å². The normalized spacial score (nSPS) is 10.1. The molecule has 5 heteroatoms. The minimum absolute atomic E-state index is 0.428. The molecule has 5 nitrogen and oxygen atoms in total. The van der Waals surface area contributed by atoms with Crippen LogP contribution in [-0.2, 0) is 6.42 Å². The fraction of sp³-hybridized carbons (Fsp3) is 0.231. The van der Waals surface area contributed by atoms with Gasteiger partial charge in [-0.15, -0.1) is 0 Å². The molecule has 18 heavy (non-hydrogen) atoms. The summed E-state index contributed by atoms with van der Waals surface area (Å²) in [6.45, 7) is 2.73. The third kappa shape index (κ3) is 3.43. The van der Waals surface area contributed by atoms with Crippen molar-refractivity contribution >= 4 is 11.8 Å². The molecule has 0 saturated heterocycles. The van der Waals surface area contributed by atoms with Crippen molar-refractivity contribution in [1.29, 1.82) is 0 Å². The van der Waals surface area contributed by atoms with Gasteiger partial charge in [0.15, 0.2) is 0 Å². The van der Waals surface area contributed by atoms with Crippen LogP contribution in [0.2, 0.25) is 0 Å². The highest BCUT2D eigenvalue weighted by Gasteiger charge is 2.00. The van der Waals surface area contributed by atoms with E-state index in [1.54, 1.807) is 0 Å². The van der Waals surface area contributed by atoms with Gasteiger partial charge in [0, 0.05) is 18.3 Å². The Kier molecular flexibility index (Phi) is 4.09. The van der Waals surface area contributed by atoms with Crippen LogP contribution in [0.15, 0.2) is 36.4 Å². The standard InChI is InChI=1S/C13H17N5/c1-10-9-12(17-13(16-10)18-14)15-8-7-11-5-3-2-4-6-11/h2-6,9H,7-8,14H2,1H3,(H2,15,16,17,18). The highest BCUT2D eigenvalue weighted by molar-refractivity contribution is 5.41. The van der Waals surface area contributed by atoms with Gasteiger partial charge in [0.25, 0.3) is 0 Å². The monoisotopic (exact) mass is 243 g/mol. The maximum atomic E-state index is 5.30. The van der Waals surface area contributed by atoms with E-state index in [0.717, 1.165) is 24.5 Å². The van der Waals surface area contributed by atoms with Crippen LogP contribution in [0.3, 0.4) is 0 Å². The molecule has 1 heterocycles. The van der Waals surface area contributed by atoms with E-state index < -0.39 is 0 Å². The number of nitrogens with two attached hydrogens (primary N) is 1. The summed E-state index contributed by atoms with van der Waals surface area (Å²) in [6.07, 6.45) is 0.954. The lowest BCUT2D eigenvalue weighted by Crippen LogP contribution is -2.13. The molecule has 0 spiro atoms. The number of benzene rings is 1. The van der Waals surface area contributed by atoms with Crippen molar-refractivity contribution < 1.29 is 0 Å². The number of nitrogens with zero attached hydrogens (tertiary/aromatic N) is 2. The Balaban J connectivity index is 1.92. The molecule has 0 aliphatic rings. The number of aromatic nitrogens is 2. The van der Waals surface area contributed by atoms with Gasteiger partial charge >= 0.3 is 0 Å². The predicted octanol–water partition coefficient (Wildman–Crippen LogP) is 1.73. The maximum absolute atomic E-state index is 5.30. The van der Waals surface area contributed by atoms with E-state index in [2.05, 4.69) is 32.8 Å². The molecule has 0 bridgehead atoms. The van der Waals surface area contributed by atoms with Crippen LogP contribution < -0.4 is 16.6 Å². The SMILES string of the molecule is Cc1cc(NCCc2ccccc2)nc(NN)n1. The van der Waals surface area contributed by atoms with Crippen molar-refractivity contribution in [3.8, 4) is 0 Å². The summed E-state index contributed by atoms with van der Waals surface area (Å²) in [5.41, 5.74) is 4.63. The van der Waals surface area contributed by atoms with Crippen molar-refractivity contribution in [1.82, 2.24) is 9.97 Å². The molecule has 0 atom stereocenters. The largest absolute Gasteiger partial charge is 0.370 e. The summed E-state index contributed by atoms with van der Waals surface area (Å²) < 4.78 is 0. The Labute approximate surface area is 106 Å². The van der Waals surface area contributed by atoms with E-state index in [9.17, 15) is 0 Å². The number of aryl methyl sites for hydroxylation is 1. The number of nitrogen functional groups attached to an aromatic ring is 1. The Hall–Kier alpha value is -2.14. The van der Waals surface area contributed by atoms with Gasteiger partial charge in [-0.25, -0.2) is 10.8 Å². The van der Waals surface area contributed by atoms with Gasteiger partial charge in [0.2, 0.25) is 5.95 Å². The maximum Gasteiger partial charge on any atom is 0.239 e. The molecule has 0 amide bonds. The molecule has 0 unspecified atom stereocenters. The molecular weight excluding hydrogens is 226 g/mol. The third-order valence-electron chi connectivity index (χ3n) is 2.55. The van der Waals surface area contributed by atoms with Gasteiger partial charge in [-0.1, -0.05) is 30.3 Å². The molecule has 1 aromatic carbocycles. The van der Waals surface area contributed by atoms with Gasteiger partial charge < -0.3 is 5.32 Å². The minimum atomic E-state index is 0.428. The lowest BCUT2D eigenvalue weighted by atomic mass is 10.1. The lowest BCUT2D eigenvalue weighted by molar-refractivity contribution is 0.990. The first-order valence-electron chi connectivity index (χ1n) is 5.88. The molecule has 0 aliphatic heterocycles. The zero-order valence-corrected chi connectivity index (χ0v) is 10.4. The number of hydrogen-bond donors (Lipinski definition) is 3. The molecule has 2 aromatic rings. The molecule has 0 saturated carbocycles. The van der Waals surface area contributed by atoms with Gasteiger partial charge in [-0.05, 0) is 18.9 Å². The van der Waals surface area contributed by atoms with Crippen LogP contribution in [0.5, 0.6) is 0 Å². The van der Waals surface area contributed by atoms with Crippen LogP contribution in [0.4, 0.5) is 11.8 Å². The molecular formula is C13H17N5. The van der Waals surface area contributed by atoms with Gasteiger partial charge in [-0.3, -0.25) is 5.43 Å². The van der Waals surface area contributed by atoms with Crippen LogP contribution >= 0.6 is 0 Å². The smallest absolute Gasteiger partial charge is 0.239 e. The van der Waals surface area contributed by atoms with Crippen LogP contribution in [0.25, 0.3) is 0 Å². The Bertz CT molecular complexity index is 498. The van der Waals surface area contributed by atoms with E-state index in [4.69, 9.17) is 5.84 Å². The highest BCUT2D eigenvalue weighted by Crippen LogP contribution is 2.09. The first-order valence-corrected chi connectivity index (χ1v) is 5.88. The molecule has 1 aromatic heterocycles. The van der Waals surface area contributed by atoms with Crippen molar-refractivity contribution in [2.75, 3.05) is 17.3 Å². The number of nitrogens with one attached hydrogen (secondary N) is 2. The van der Waals surface area contributed by atoms with E-state index in [1.165, 1.54) is 5.56 Å². The van der Waals surface area contributed by atoms with Crippen molar-refractivity contribution in [2.24, 2.45) is 5.84 Å². The van der Waals surface area contributed by atoms with Gasteiger partial charge in [0.1, 0.15) is 5.82 Å². The summed E-state index contributed by atoms with van der Waals surface area (Å²) in [7, 11) is 0. The predicted molar refractivity (Wildman–Crippen MR) is 73.2 cm³/mol. The van der Waals surface area contributed by atoms with Crippen molar-refractivity contribution in [3.05, 3.63) is 47.7 Å². The molecule has 0 fully saturated rings. The topological polar surface area (TPSA) is 75.9 Å². The Morgan fingerprint density at radius 3 is 2.67 bits per heavy atom. The summed E-state index contributed by atoms with van der Waals surface area (Å²) in [5.74, 6) is 6.52. The zero-order valence-electron chi connectivity index (χ0n) is 10.4. The fourth-order valence-corrected chi connectivity index (χ4v) is 1.70. The fourth-order valence-electron chi connectivity index (χ4n) is 1.70. The molecule has 2 rings (SSSR count). The van der Waals surface area contributed by atoms with Gasteiger partial charge in [-0.2, -0.15) is 4.98 Å². The van der Waals surface area contributed by atoms with E-state index >= 15 is 0 Å². The quantitative estimate of drug-likeness (QED) is 0.550. The second-order valence-electron chi connectivity index (χ2n) is 4.02. The van der Waals surface area contributed by atoms with Crippen LogP contribution in [-0.4, -0.2) is 16.5 Å². The second kappa shape index (κ2) is 5.97. The Morgan fingerprint density at radius 1 is 1.17 bits per heavy atom. The van der Waals surface area contributed by atoms with Crippen LogP contribution in [0.1, 0.15) is 11.3 Å².